The van der Waals surface area contributed by atoms with Gasteiger partial charge in [-0.1, -0.05) is 13.3 Å². The minimum Gasteiger partial charge on any atom is -0.480 e. The van der Waals surface area contributed by atoms with Crippen molar-refractivity contribution >= 4 is 12.0 Å². The number of aliphatic hydroxyl groups is 1. The van der Waals surface area contributed by atoms with Gasteiger partial charge in [0.25, 0.3) is 0 Å². The molecule has 0 aliphatic heterocycles. The zero-order valence-electron chi connectivity index (χ0n) is 10.8. The van der Waals surface area contributed by atoms with E-state index in [-0.39, 0.29) is 25.1 Å². The molecule has 0 aromatic carbocycles. The number of hydrogen-bond acceptors (Lipinski definition) is 3. The second-order valence-corrected chi connectivity index (χ2v) is 4.63. The van der Waals surface area contributed by atoms with E-state index in [4.69, 9.17) is 10.2 Å². The summed E-state index contributed by atoms with van der Waals surface area (Å²) in [5.41, 5.74) is 0. The van der Waals surface area contributed by atoms with Crippen LogP contribution in [0.5, 0.6) is 0 Å². The van der Waals surface area contributed by atoms with Gasteiger partial charge in [-0.3, -0.25) is 0 Å². The standard InChI is InChI=1S/C12H22N2O4/c1-2-3-7-14(9-4-5-9)12(18)13-10(6-8-15)11(16)17/h9-10,15H,2-8H2,1H3,(H,13,18)(H,16,17). The molecule has 1 aliphatic rings. The summed E-state index contributed by atoms with van der Waals surface area (Å²) in [4.78, 5) is 24.6. The van der Waals surface area contributed by atoms with Crippen molar-refractivity contribution in [2.24, 2.45) is 0 Å². The first-order valence-corrected chi connectivity index (χ1v) is 6.51. The van der Waals surface area contributed by atoms with Crippen molar-refractivity contribution in [1.29, 1.82) is 0 Å². The quantitative estimate of drug-likeness (QED) is 0.600. The monoisotopic (exact) mass is 258 g/mol. The molecule has 0 bridgehead atoms. The van der Waals surface area contributed by atoms with Gasteiger partial charge in [0.05, 0.1) is 0 Å². The predicted octanol–water partition coefficient (Wildman–Crippen LogP) is 0.796. The summed E-state index contributed by atoms with van der Waals surface area (Å²) in [6, 6.07) is -1.07. The third-order valence-electron chi connectivity index (χ3n) is 3.01. The van der Waals surface area contributed by atoms with E-state index in [9.17, 15) is 9.59 Å². The van der Waals surface area contributed by atoms with Crippen LogP contribution in [0.3, 0.4) is 0 Å². The highest BCUT2D eigenvalue weighted by Crippen LogP contribution is 2.27. The van der Waals surface area contributed by atoms with E-state index in [0.717, 1.165) is 25.7 Å². The van der Waals surface area contributed by atoms with Crippen LogP contribution in [-0.4, -0.2) is 52.3 Å². The van der Waals surface area contributed by atoms with Crippen LogP contribution in [-0.2, 0) is 4.79 Å². The molecular formula is C12H22N2O4. The first kappa shape index (κ1) is 14.8. The molecule has 3 N–H and O–H groups in total. The van der Waals surface area contributed by atoms with Crippen LogP contribution in [0, 0.1) is 0 Å². The van der Waals surface area contributed by atoms with Crippen molar-refractivity contribution in [2.75, 3.05) is 13.2 Å². The number of urea groups is 1. The molecule has 0 aromatic heterocycles. The lowest BCUT2D eigenvalue weighted by molar-refractivity contribution is -0.139. The molecule has 0 aromatic rings. The maximum Gasteiger partial charge on any atom is 0.326 e. The van der Waals surface area contributed by atoms with Crippen molar-refractivity contribution in [3.63, 3.8) is 0 Å². The number of unbranched alkanes of at least 4 members (excludes halogenated alkanes) is 1. The normalized spacial score (nSPS) is 16.1. The summed E-state index contributed by atoms with van der Waals surface area (Å²) in [7, 11) is 0. The average Bonchev–Trinajstić information content (AvgIpc) is 3.13. The van der Waals surface area contributed by atoms with E-state index in [1.165, 1.54) is 0 Å². The summed E-state index contributed by atoms with van der Waals surface area (Å²) in [6.07, 6.45) is 3.94. The van der Waals surface area contributed by atoms with Crippen LogP contribution >= 0.6 is 0 Å². The first-order valence-electron chi connectivity index (χ1n) is 6.51. The molecule has 104 valence electrons. The fraction of sp³-hybridized carbons (Fsp3) is 0.833. The van der Waals surface area contributed by atoms with E-state index >= 15 is 0 Å². The topological polar surface area (TPSA) is 89.9 Å². The Morgan fingerprint density at radius 1 is 1.44 bits per heavy atom. The number of amides is 2. The molecule has 0 saturated heterocycles. The maximum atomic E-state index is 12.0. The van der Waals surface area contributed by atoms with Gasteiger partial charge in [-0.2, -0.15) is 0 Å². The zero-order chi connectivity index (χ0) is 13.5. The summed E-state index contributed by atoms with van der Waals surface area (Å²) >= 11 is 0. The summed E-state index contributed by atoms with van der Waals surface area (Å²) in [5, 5.41) is 20.2. The second kappa shape index (κ2) is 7.20. The molecule has 1 fully saturated rings. The van der Waals surface area contributed by atoms with Gasteiger partial charge in [0.1, 0.15) is 6.04 Å². The first-order chi connectivity index (χ1) is 8.60. The van der Waals surface area contributed by atoms with Crippen LogP contribution in [0.1, 0.15) is 39.0 Å². The molecule has 1 rings (SSSR count). The Kier molecular flexibility index (Phi) is 5.91. The van der Waals surface area contributed by atoms with Crippen LogP contribution in [0.4, 0.5) is 4.79 Å². The number of carbonyl (C=O) groups excluding carboxylic acids is 1. The van der Waals surface area contributed by atoms with Gasteiger partial charge in [0.2, 0.25) is 0 Å². The second-order valence-electron chi connectivity index (χ2n) is 4.63. The number of carboxylic acids is 1. The molecule has 2 amide bonds. The van der Waals surface area contributed by atoms with E-state index in [1.807, 2.05) is 0 Å². The molecule has 1 atom stereocenters. The highest BCUT2D eigenvalue weighted by Gasteiger charge is 2.33. The molecule has 0 radical (unpaired) electrons. The Bertz CT molecular complexity index is 292. The number of carboxylic acid groups (broad SMARTS) is 1. The average molecular weight is 258 g/mol. The van der Waals surface area contributed by atoms with Gasteiger partial charge in [0, 0.05) is 25.6 Å². The number of aliphatic hydroxyl groups excluding tert-OH is 1. The van der Waals surface area contributed by atoms with Crippen LogP contribution in [0.15, 0.2) is 0 Å². The molecule has 1 aliphatic carbocycles. The van der Waals surface area contributed by atoms with Crippen molar-refractivity contribution < 1.29 is 19.8 Å². The van der Waals surface area contributed by atoms with E-state index < -0.39 is 12.0 Å². The summed E-state index contributed by atoms with van der Waals surface area (Å²) < 4.78 is 0. The van der Waals surface area contributed by atoms with Crippen molar-refractivity contribution in [3.8, 4) is 0 Å². The number of aliphatic carboxylic acids is 1. The third kappa shape index (κ3) is 4.52. The fourth-order valence-corrected chi connectivity index (χ4v) is 1.78. The van der Waals surface area contributed by atoms with E-state index in [1.54, 1.807) is 4.90 Å². The van der Waals surface area contributed by atoms with Crippen LogP contribution in [0.25, 0.3) is 0 Å². The largest absolute Gasteiger partial charge is 0.480 e. The van der Waals surface area contributed by atoms with E-state index in [0.29, 0.717) is 6.54 Å². The van der Waals surface area contributed by atoms with Crippen LogP contribution < -0.4 is 5.32 Å². The Morgan fingerprint density at radius 3 is 2.56 bits per heavy atom. The molecule has 0 heterocycles. The molecule has 6 heteroatoms. The Morgan fingerprint density at radius 2 is 2.11 bits per heavy atom. The number of hydrogen-bond donors (Lipinski definition) is 3. The molecule has 6 nitrogen and oxygen atoms in total. The zero-order valence-corrected chi connectivity index (χ0v) is 10.8. The number of nitrogens with zero attached hydrogens (tertiary/aromatic N) is 1. The maximum absolute atomic E-state index is 12.0. The molecular weight excluding hydrogens is 236 g/mol. The Balaban J connectivity index is 2.50. The van der Waals surface area contributed by atoms with E-state index in [2.05, 4.69) is 12.2 Å². The lowest BCUT2D eigenvalue weighted by atomic mass is 10.2. The van der Waals surface area contributed by atoms with Crippen molar-refractivity contribution in [2.45, 2.75) is 51.1 Å². The van der Waals surface area contributed by atoms with Gasteiger partial charge in [-0.15, -0.1) is 0 Å². The smallest absolute Gasteiger partial charge is 0.326 e. The van der Waals surface area contributed by atoms with Gasteiger partial charge in [0.15, 0.2) is 0 Å². The molecule has 0 spiro atoms. The third-order valence-corrected chi connectivity index (χ3v) is 3.01. The molecule has 1 saturated carbocycles. The summed E-state index contributed by atoms with van der Waals surface area (Å²) in [5.74, 6) is -1.11. The Labute approximate surface area is 107 Å². The van der Waals surface area contributed by atoms with Gasteiger partial charge in [-0.05, 0) is 19.3 Å². The molecule has 18 heavy (non-hydrogen) atoms. The van der Waals surface area contributed by atoms with Crippen molar-refractivity contribution in [1.82, 2.24) is 10.2 Å². The van der Waals surface area contributed by atoms with Crippen LogP contribution in [0.2, 0.25) is 0 Å². The van der Waals surface area contributed by atoms with Gasteiger partial charge >= 0.3 is 12.0 Å². The SMILES string of the molecule is CCCCN(C(=O)NC(CCO)C(=O)O)C1CC1. The lowest BCUT2D eigenvalue weighted by Crippen LogP contribution is -2.49. The minimum absolute atomic E-state index is 0.0351. The fourth-order valence-electron chi connectivity index (χ4n) is 1.78. The highest BCUT2D eigenvalue weighted by molar-refractivity contribution is 5.82. The number of nitrogens with one attached hydrogen (secondary N) is 1. The lowest BCUT2D eigenvalue weighted by Gasteiger charge is -2.24. The van der Waals surface area contributed by atoms with Gasteiger partial charge < -0.3 is 20.4 Å². The highest BCUT2D eigenvalue weighted by atomic mass is 16.4. The minimum atomic E-state index is -1.11. The Hall–Kier alpha value is -1.30. The summed E-state index contributed by atoms with van der Waals surface area (Å²) in [6.45, 7) is 2.46. The molecule has 1 unspecified atom stereocenters. The number of carbonyl (C=O) groups is 2. The van der Waals surface area contributed by atoms with Gasteiger partial charge in [-0.25, -0.2) is 9.59 Å². The van der Waals surface area contributed by atoms with Crippen molar-refractivity contribution in [3.05, 3.63) is 0 Å². The number of rotatable bonds is 8. The predicted molar refractivity (Wildman–Crippen MR) is 66.3 cm³/mol.